The van der Waals surface area contributed by atoms with Gasteiger partial charge in [-0.2, -0.15) is 0 Å². The Morgan fingerprint density at radius 1 is 1.21 bits per heavy atom. The molecule has 0 radical (unpaired) electrons. The van der Waals surface area contributed by atoms with Gasteiger partial charge in [-0.05, 0) is 30.7 Å². The number of aliphatic imine (C=N–C) groups is 1. The molecule has 2 aliphatic rings. The van der Waals surface area contributed by atoms with Crippen LogP contribution in [0.15, 0.2) is 35.3 Å². The Kier molecular flexibility index (Phi) is 8.32. The van der Waals surface area contributed by atoms with E-state index in [1.165, 1.54) is 12.0 Å². The third-order valence-electron chi connectivity index (χ3n) is 5.73. The number of hydrogen-bond donors (Lipinski definition) is 2. The lowest BCUT2D eigenvalue weighted by Gasteiger charge is -2.25. The van der Waals surface area contributed by atoms with Crippen LogP contribution in [0.1, 0.15) is 31.2 Å². The maximum Gasteiger partial charge on any atom is 0.213 e. The number of hydrogen-bond acceptors (Lipinski definition) is 4. The van der Waals surface area contributed by atoms with Gasteiger partial charge in [0.25, 0.3) is 0 Å². The zero-order valence-corrected chi connectivity index (χ0v) is 18.2. The summed E-state index contributed by atoms with van der Waals surface area (Å²) in [5, 5.41) is 3.20. The molecule has 0 bridgehead atoms. The number of ether oxygens (including phenoxy) is 1. The molecule has 2 fully saturated rings. The van der Waals surface area contributed by atoms with Gasteiger partial charge in [-0.3, -0.25) is 4.99 Å². The van der Waals surface area contributed by atoms with Gasteiger partial charge in [-0.1, -0.05) is 36.8 Å². The first-order valence-corrected chi connectivity index (χ1v) is 12.3. The van der Waals surface area contributed by atoms with E-state index in [1.807, 2.05) is 18.2 Å². The number of likely N-dealkylation sites (tertiary alicyclic amines) is 1. The number of nitrogens with zero attached hydrogens (tertiary/aromatic N) is 2. The van der Waals surface area contributed by atoms with E-state index in [1.54, 1.807) is 7.05 Å². The third-order valence-corrected chi connectivity index (χ3v) is 7.08. The summed E-state index contributed by atoms with van der Waals surface area (Å²) in [7, 11) is -1.49. The van der Waals surface area contributed by atoms with Crippen molar-refractivity contribution in [1.29, 1.82) is 0 Å². The Labute approximate surface area is 175 Å². The summed E-state index contributed by atoms with van der Waals surface area (Å²) < 4.78 is 32.9. The van der Waals surface area contributed by atoms with Crippen LogP contribution in [-0.2, 0) is 21.4 Å². The topological polar surface area (TPSA) is 83.0 Å². The Balaban J connectivity index is 1.33. The molecule has 1 aromatic rings. The summed E-state index contributed by atoms with van der Waals surface area (Å²) in [6, 6.07) is 10.2. The van der Waals surface area contributed by atoms with Crippen LogP contribution >= 0.6 is 0 Å². The van der Waals surface area contributed by atoms with Gasteiger partial charge >= 0.3 is 0 Å². The molecule has 162 valence electrons. The summed E-state index contributed by atoms with van der Waals surface area (Å²) in [5.41, 5.74) is 1.19. The molecular formula is C21H34N4O3S. The average Bonchev–Trinajstić information content (AvgIpc) is 3.13. The standard InChI is InChI=1S/C21H34N4O3S/c1-22-21(23-11-13-29(26,27)24-14-18-8-5-9-18)25-12-10-20(15-25)17-28-16-19-6-3-2-4-7-19/h2-4,6-7,18,20,24H,5,8-17H2,1H3,(H,22,23). The number of guanidine groups is 1. The first-order chi connectivity index (χ1) is 14.1. The van der Waals surface area contributed by atoms with Crippen molar-refractivity contribution in [3.8, 4) is 0 Å². The molecular weight excluding hydrogens is 388 g/mol. The normalized spacial score (nSPS) is 20.7. The third kappa shape index (κ3) is 7.28. The van der Waals surface area contributed by atoms with Gasteiger partial charge in [0.1, 0.15) is 0 Å². The molecule has 1 saturated carbocycles. The van der Waals surface area contributed by atoms with E-state index < -0.39 is 10.0 Å². The fraction of sp³-hybridized carbons (Fsp3) is 0.667. The van der Waals surface area contributed by atoms with Gasteiger partial charge < -0.3 is 15.0 Å². The van der Waals surface area contributed by atoms with E-state index in [2.05, 4.69) is 32.1 Å². The molecule has 1 atom stereocenters. The molecule has 1 aliphatic heterocycles. The molecule has 1 unspecified atom stereocenters. The van der Waals surface area contributed by atoms with Gasteiger partial charge in [-0.15, -0.1) is 0 Å². The summed E-state index contributed by atoms with van der Waals surface area (Å²) >= 11 is 0. The average molecular weight is 423 g/mol. The zero-order valence-electron chi connectivity index (χ0n) is 17.3. The van der Waals surface area contributed by atoms with Crippen molar-refractivity contribution in [2.45, 2.75) is 32.3 Å². The van der Waals surface area contributed by atoms with Crippen molar-refractivity contribution in [2.24, 2.45) is 16.8 Å². The predicted octanol–water partition coefficient (Wildman–Crippen LogP) is 1.82. The Morgan fingerprint density at radius 2 is 2.00 bits per heavy atom. The molecule has 1 saturated heterocycles. The fourth-order valence-corrected chi connectivity index (χ4v) is 4.73. The quantitative estimate of drug-likeness (QED) is 0.444. The maximum atomic E-state index is 12.1. The van der Waals surface area contributed by atoms with Crippen LogP contribution in [0.5, 0.6) is 0 Å². The van der Waals surface area contributed by atoms with E-state index in [9.17, 15) is 8.42 Å². The van der Waals surface area contributed by atoms with Crippen LogP contribution < -0.4 is 10.0 Å². The SMILES string of the molecule is CN=C(NCCS(=O)(=O)NCC1CCC1)N1CCC(COCc2ccccc2)C1. The van der Waals surface area contributed by atoms with E-state index in [0.29, 0.717) is 31.5 Å². The second-order valence-corrected chi connectivity index (χ2v) is 9.97. The highest BCUT2D eigenvalue weighted by molar-refractivity contribution is 7.89. The van der Waals surface area contributed by atoms with Crippen molar-refractivity contribution >= 4 is 16.0 Å². The highest BCUT2D eigenvalue weighted by atomic mass is 32.2. The Morgan fingerprint density at radius 3 is 2.69 bits per heavy atom. The molecule has 3 rings (SSSR count). The van der Waals surface area contributed by atoms with Crippen LogP contribution in [0.2, 0.25) is 0 Å². The van der Waals surface area contributed by atoms with Crippen molar-refractivity contribution in [3.05, 3.63) is 35.9 Å². The predicted molar refractivity (Wildman–Crippen MR) is 116 cm³/mol. The molecule has 1 aliphatic carbocycles. The smallest absolute Gasteiger partial charge is 0.213 e. The van der Waals surface area contributed by atoms with Crippen molar-refractivity contribution < 1.29 is 13.2 Å². The van der Waals surface area contributed by atoms with Gasteiger partial charge in [0.15, 0.2) is 5.96 Å². The van der Waals surface area contributed by atoms with Crippen LogP contribution in [0.4, 0.5) is 0 Å². The van der Waals surface area contributed by atoms with Crippen LogP contribution in [-0.4, -0.2) is 64.9 Å². The van der Waals surface area contributed by atoms with Gasteiger partial charge in [0.2, 0.25) is 10.0 Å². The Hall–Kier alpha value is -1.64. The molecule has 29 heavy (non-hydrogen) atoms. The molecule has 1 heterocycles. The number of rotatable bonds is 10. The highest BCUT2D eigenvalue weighted by Crippen LogP contribution is 2.25. The van der Waals surface area contributed by atoms with Gasteiger partial charge in [0.05, 0.1) is 19.0 Å². The fourth-order valence-electron chi connectivity index (χ4n) is 3.72. The highest BCUT2D eigenvalue weighted by Gasteiger charge is 2.25. The summed E-state index contributed by atoms with van der Waals surface area (Å²) in [4.78, 5) is 6.51. The minimum Gasteiger partial charge on any atom is -0.376 e. The van der Waals surface area contributed by atoms with Crippen LogP contribution in [0, 0.1) is 11.8 Å². The van der Waals surface area contributed by atoms with E-state index in [0.717, 1.165) is 44.9 Å². The summed E-state index contributed by atoms with van der Waals surface area (Å²) in [5.74, 6) is 1.82. The van der Waals surface area contributed by atoms with Gasteiger partial charge in [-0.25, -0.2) is 13.1 Å². The maximum absolute atomic E-state index is 12.1. The molecule has 7 nitrogen and oxygen atoms in total. The first-order valence-electron chi connectivity index (χ1n) is 10.6. The first kappa shape index (κ1) is 22.1. The van der Waals surface area contributed by atoms with Crippen LogP contribution in [0.3, 0.4) is 0 Å². The van der Waals surface area contributed by atoms with Gasteiger partial charge in [0, 0.05) is 39.1 Å². The largest absolute Gasteiger partial charge is 0.376 e. The zero-order chi connectivity index (χ0) is 20.5. The minimum atomic E-state index is -3.24. The molecule has 8 heteroatoms. The minimum absolute atomic E-state index is 0.0657. The van der Waals surface area contributed by atoms with E-state index in [-0.39, 0.29) is 5.75 Å². The monoisotopic (exact) mass is 422 g/mol. The lowest BCUT2D eigenvalue weighted by atomic mass is 9.86. The lowest BCUT2D eigenvalue weighted by Crippen LogP contribution is -2.43. The number of sulfonamides is 1. The molecule has 1 aromatic carbocycles. The van der Waals surface area contributed by atoms with Crippen LogP contribution in [0.25, 0.3) is 0 Å². The molecule has 2 N–H and O–H groups in total. The van der Waals surface area contributed by atoms with Crippen molar-refractivity contribution in [3.63, 3.8) is 0 Å². The number of nitrogens with one attached hydrogen (secondary N) is 2. The number of benzene rings is 1. The lowest BCUT2D eigenvalue weighted by molar-refractivity contribution is 0.0907. The van der Waals surface area contributed by atoms with Crippen molar-refractivity contribution in [2.75, 3.05) is 45.6 Å². The Bertz CT molecular complexity index is 750. The van der Waals surface area contributed by atoms with E-state index in [4.69, 9.17) is 4.74 Å². The van der Waals surface area contributed by atoms with Crippen molar-refractivity contribution in [1.82, 2.24) is 14.9 Å². The molecule has 0 amide bonds. The second-order valence-electron chi connectivity index (χ2n) is 8.04. The molecule has 0 spiro atoms. The summed E-state index contributed by atoms with van der Waals surface area (Å²) in [6.45, 7) is 4.08. The second kappa shape index (κ2) is 10.9. The summed E-state index contributed by atoms with van der Waals surface area (Å²) in [6.07, 6.45) is 4.55. The van der Waals surface area contributed by atoms with E-state index >= 15 is 0 Å². The molecule has 0 aromatic heterocycles.